The van der Waals surface area contributed by atoms with Gasteiger partial charge < -0.3 is 10.1 Å². The molecule has 0 fully saturated rings. The second-order valence-electron chi connectivity index (χ2n) is 4.88. The van der Waals surface area contributed by atoms with Gasteiger partial charge in [0.05, 0.1) is 15.5 Å². The van der Waals surface area contributed by atoms with E-state index in [0.717, 1.165) is 11.6 Å². The predicted molar refractivity (Wildman–Crippen MR) is 91.6 cm³/mol. The van der Waals surface area contributed by atoms with Gasteiger partial charge in [-0.25, -0.2) is 0 Å². The Morgan fingerprint density at radius 3 is 2.58 bits per heavy atom. The molecule has 0 aliphatic carbocycles. The Bertz CT molecular complexity index is 767. The lowest BCUT2D eigenvalue weighted by molar-refractivity contribution is -0.384. The van der Waals surface area contributed by atoms with Crippen molar-refractivity contribution in [1.29, 1.82) is 0 Å². The molecule has 8 heteroatoms. The highest BCUT2D eigenvalue weighted by Gasteiger charge is 2.19. The fraction of sp³-hybridized carbons (Fsp3) is 0.188. The zero-order valence-corrected chi connectivity index (χ0v) is 14.2. The highest BCUT2D eigenvalue weighted by molar-refractivity contribution is 6.34. The van der Waals surface area contributed by atoms with Gasteiger partial charge in [0.25, 0.3) is 11.6 Å². The van der Waals surface area contributed by atoms with Gasteiger partial charge in [-0.15, -0.1) is 0 Å². The van der Waals surface area contributed by atoms with E-state index in [0.29, 0.717) is 5.02 Å². The van der Waals surface area contributed by atoms with Gasteiger partial charge in [0, 0.05) is 36.4 Å². The van der Waals surface area contributed by atoms with E-state index < -0.39 is 16.9 Å². The Balaban J connectivity index is 2.14. The van der Waals surface area contributed by atoms with E-state index >= 15 is 0 Å². The van der Waals surface area contributed by atoms with Crippen LogP contribution in [0.1, 0.15) is 22.0 Å². The molecule has 1 atom stereocenters. The Morgan fingerprint density at radius 2 is 1.96 bits per heavy atom. The lowest BCUT2D eigenvalue weighted by Gasteiger charge is -2.18. The number of non-ortho nitro benzene ring substituents is 1. The van der Waals surface area contributed by atoms with Crippen LogP contribution in [0.2, 0.25) is 10.0 Å². The van der Waals surface area contributed by atoms with Crippen molar-refractivity contribution in [2.75, 3.05) is 13.7 Å². The summed E-state index contributed by atoms with van der Waals surface area (Å²) < 4.78 is 5.36. The molecule has 0 spiro atoms. The minimum Gasteiger partial charge on any atom is -0.375 e. The van der Waals surface area contributed by atoms with Crippen LogP contribution in [0.25, 0.3) is 0 Å². The van der Waals surface area contributed by atoms with Crippen molar-refractivity contribution in [3.05, 3.63) is 73.8 Å². The Morgan fingerprint density at radius 1 is 1.25 bits per heavy atom. The highest BCUT2D eigenvalue weighted by Crippen LogP contribution is 2.25. The maximum absolute atomic E-state index is 12.3. The summed E-state index contributed by atoms with van der Waals surface area (Å²) in [6.07, 6.45) is -0.458. The molecule has 0 saturated carbocycles. The van der Waals surface area contributed by atoms with Gasteiger partial charge in [-0.05, 0) is 12.1 Å². The number of benzene rings is 2. The normalized spacial score (nSPS) is 11.8. The third-order valence-corrected chi connectivity index (χ3v) is 4.06. The number of nitrogens with zero attached hydrogens (tertiary/aromatic N) is 1. The van der Waals surface area contributed by atoms with Gasteiger partial charge in [0.2, 0.25) is 0 Å². The fourth-order valence-corrected chi connectivity index (χ4v) is 2.60. The summed E-state index contributed by atoms with van der Waals surface area (Å²) in [5.74, 6) is -0.530. The maximum Gasteiger partial charge on any atom is 0.270 e. The number of carbonyl (C=O) groups is 1. The first kappa shape index (κ1) is 18.2. The predicted octanol–water partition coefficient (Wildman–Crippen LogP) is 4.02. The summed E-state index contributed by atoms with van der Waals surface area (Å²) in [6, 6.07) is 10.8. The molecule has 1 amide bonds. The summed E-state index contributed by atoms with van der Waals surface area (Å²) in [5, 5.41) is 14.1. The number of nitro benzene ring substituents is 1. The average molecular weight is 369 g/mol. The molecule has 1 N–H and O–H groups in total. The van der Waals surface area contributed by atoms with E-state index in [-0.39, 0.29) is 22.8 Å². The molecule has 2 aromatic carbocycles. The van der Waals surface area contributed by atoms with Crippen LogP contribution in [0.15, 0.2) is 42.5 Å². The summed E-state index contributed by atoms with van der Waals surface area (Å²) in [6.45, 7) is 0.137. The van der Waals surface area contributed by atoms with E-state index in [2.05, 4.69) is 5.32 Å². The number of carbonyl (C=O) groups excluding carboxylic acids is 1. The maximum atomic E-state index is 12.3. The third-order valence-electron chi connectivity index (χ3n) is 3.39. The summed E-state index contributed by atoms with van der Waals surface area (Å²) in [4.78, 5) is 22.5. The van der Waals surface area contributed by atoms with Gasteiger partial charge in [0.1, 0.15) is 6.10 Å². The standard InChI is InChI=1S/C16H14Cl2N2O4/c1-24-15(11-4-2-3-5-13(11)17)9-19-16(21)12-8-10(20(22)23)6-7-14(12)18/h2-8,15H,9H2,1H3,(H,19,21). The molecule has 0 aliphatic rings. The second-order valence-corrected chi connectivity index (χ2v) is 5.69. The van der Waals surface area contributed by atoms with Crippen LogP contribution in [0.5, 0.6) is 0 Å². The molecule has 2 aromatic rings. The summed E-state index contributed by atoms with van der Waals surface area (Å²) in [5.41, 5.74) is 0.547. The van der Waals surface area contributed by atoms with E-state index in [4.69, 9.17) is 27.9 Å². The largest absolute Gasteiger partial charge is 0.375 e. The number of nitro groups is 1. The van der Waals surface area contributed by atoms with E-state index in [1.54, 1.807) is 18.2 Å². The molecule has 2 rings (SSSR count). The molecule has 0 aliphatic heterocycles. The van der Waals surface area contributed by atoms with Gasteiger partial charge in [-0.2, -0.15) is 0 Å². The lowest BCUT2D eigenvalue weighted by atomic mass is 10.1. The third kappa shape index (κ3) is 4.23. The number of amides is 1. The van der Waals surface area contributed by atoms with Crippen LogP contribution in [-0.2, 0) is 4.74 Å². The van der Waals surface area contributed by atoms with Crippen molar-refractivity contribution in [3.8, 4) is 0 Å². The van der Waals surface area contributed by atoms with Crippen LogP contribution in [0.3, 0.4) is 0 Å². The number of nitrogens with one attached hydrogen (secondary N) is 1. The monoisotopic (exact) mass is 368 g/mol. The van der Waals surface area contributed by atoms with E-state index in [1.807, 2.05) is 6.07 Å². The molecule has 0 bridgehead atoms. The quantitative estimate of drug-likeness (QED) is 0.616. The van der Waals surface area contributed by atoms with E-state index in [9.17, 15) is 14.9 Å². The number of rotatable bonds is 6. The molecular weight excluding hydrogens is 355 g/mol. The van der Waals surface area contributed by atoms with E-state index in [1.165, 1.54) is 19.2 Å². The lowest BCUT2D eigenvalue weighted by Crippen LogP contribution is -2.29. The zero-order chi connectivity index (χ0) is 17.7. The van der Waals surface area contributed by atoms with Crippen molar-refractivity contribution < 1.29 is 14.5 Å². The number of hydrogen-bond donors (Lipinski definition) is 1. The number of hydrogen-bond acceptors (Lipinski definition) is 4. The molecular formula is C16H14Cl2N2O4. The van der Waals surface area contributed by atoms with Gasteiger partial charge >= 0.3 is 0 Å². The zero-order valence-electron chi connectivity index (χ0n) is 12.7. The Hall–Kier alpha value is -2.15. The first-order chi connectivity index (χ1) is 11.4. The number of methoxy groups -OCH3 is 1. The minimum absolute atomic E-state index is 0.0277. The summed E-state index contributed by atoms with van der Waals surface area (Å²) >= 11 is 12.1. The number of ether oxygens (including phenoxy) is 1. The SMILES string of the molecule is COC(CNC(=O)c1cc([N+](=O)[O-])ccc1Cl)c1ccccc1Cl. The molecule has 24 heavy (non-hydrogen) atoms. The number of halogens is 2. The molecule has 126 valence electrons. The molecule has 6 nitrogen and oxygen atoms in total. The molecule has 0 saturated heterocycles. The Kier molecular flexibility index (Phi) is 6.14. The van der Waals surface area contributed by atoms with Gasteiger partial charge in [-0.3, -0.25) is 14.9 Å². The van der Waals surface area contributed by atoms with Crippen LogP contribution in [0, 0.1) is 10.1 Å². The first-order valence-electron chi connectivity index (χ1n) is 6.93. The van der Waals surface area contributed by atoms with Gasteiger partial charge in [0.15, 0.2) is 0 Å². The summed E-state index contributed by atoms with van der Waals surface area (Å²) in [7, 11) is 1.50. The molecule has 1 unspecified atom stereocenters. The van der Waals surface area contributed by atoms with Crippen LogP contribution >= 0.6 is 23.2 Å². The van der Waals surface area contributed by atoms with Crippen LogP contribution in [0.4, 0.5) is 5.69 Å². The van der Waals surface area contributed by atoms with Crippen molar-refractivity contribution in [3.63, 3.8) is 0 Å². The second kappa shape index (κ2) is 8.10. The fourth-order valence-electron chi connectivity index (χ4n) is 2.14. The molecule has 0 radical (unpaired) electrons. The highest BCUT2D eigenvalue weighted by atomic mass is 35.5. The molecule has 0 aromatic heterocycles. The van der Waals surface area contributed by atoms with Crippen LogP contribution < -0.4 is 5.32 Å². The van der Waals surface area contributed by atoms with Crippen molar-refractivity contribution >= 4 is 34.8 Å². The van der Waals surface area contributed by atoms with Crippen molar-refractivity contribution in [1.82, 2.24) is 5.32 Å². The van der Waals surface area contributed by atoms with Gasteiger partial charge in [-0.1, -0.05) is 41.4 Å². The minimum atomic E-state index is -0.588. The van der Waals surface area contributed by atoms with Crippen molar-refractivity contribution in [2.45, 2.75) is 6.10 Å². The average Bonchev–Trinajstić information content (AvgIpc) is 2.56. The first-order valence-corrected chi connectivity index (χ1v) is 7.69. The van der Waals surface area contributed by atoms with Crippen LogP contribution in [-0.4, -0.2) is 24.5 Å². The topological polar surface area (TPSA) is 81.5 Å². The van der Waals surface area contributed by atoms with Crippen molar-refractivity contribution in [2.24, 2.45) is 0 Å². The Labute approximate surface area is 148 Å². The molecule has 0 heterocycles. The smallest absolute Gasteiger partial charge is 0.270 e.